The zero-order valence-corrected chi connectivity index (χ0v) is 17.1. The lowest BCUT2D eigenvalue weighted by atomic mass is 10.2. The highest BCUT2D eigenvalue weighted by Crippen LogP contribution is 2.31. The summed E-state index contributed by atoms with van der Waals surface area (Å²) in [5, 5.41) is 1.77. The van der Waals surface area contributed by atoms with Gasteiger partial charge in [0.15, 0.2) is 11.4 Å². The number of hydrogen-bond donors (Lipinski definition) is 0. The number of rotatable bonds is 8. The Hall–Kier alpha value is -2.79. The quantitative estimate of drug-likeness (QED) is 0.278. The van der Waals surface area contributed by atoms with E-state index in [1.54, 1.807) is 23.7 Å². The Morgan fingerprint density at radius 1 is 1.37 bits per heavy atom. The minimum absolute atomic E-state index is 0.140. The van der Waals surface area contributed by atoms with Gasteiger partial charge in [-0.1, -0.05) is 23.4 Å². The molecule has 0 saturated heterocycles. The lowest BCUT2D eigenvalue weighted by Crippen LogP contribution is -2.13. The van der Waals surface area contributed by atoms with E-state index >= 15 is 0 Å². The number of aliphatic imine (C=N–C) groups is 1. The Bertz CT molecular complexity index is 1070. The van der Waals surface area contributed by atoms with Gasteiger partial charge in [0.2, 0.25) is 0 Å². The van der Waals surface area contributed by atoms with Crippen LogP contribution in [-0.4, -0.2) is 45.3 Å². The van der Waals surface area contributed by atoms with Gasteiger partial charge in [-0.3, -0.25) is 9.39 Å². The molecule has 7 nitrogen and oxygen atoms in total. The first kappa shape index (κ1) is 21.9. The minimum Gasteiger partial charge on any atom is -0.479 e. The van der Waals surface area contributed by atoms with Crippen molar-refractivity contribution in [3.05, 3.63) is 52.5 Å². The molecule has 158 valence electrons. The zero-order chi connectivity index (χ0) is 21.7. The topological polar surface area (TPSA) is 73.9 Å². The van der Waals surface area contributed by atoms with Crippen molar-refractivity contribution in [1.82, 2.24) is 19.4 Å². The summed E-state index contributed by atoms with van der Waals surface area (Å²) in [6.45, 7) is 3.48. The third-order valence-corrected chi connectivity index (χ3v) is 4.67. The van der Waals surface area contributed by atoms with Crippen LogP contribution >= 0.6 is 23.4 Å². The van der Waals surface area contributed by atoms with Gasteiger partial charge in [-0.15, -0.1) is 0 Å². The summed E-state index contributed by atoms with van der Waals surface area (Å²) in [5.74, 6) is 0.546. The Labute approximate surface area is 178 Å². The first-order chi connectivity index (χ1) is 14.3. The van der Waals surface area contributed by atoms with E-state index in [0.29, 0.717) is 5.75 Å². The van der Waals surface area contributed by atoms with E-state index in [4.69, 9.17) is 21.1 Å². The first-order valence-electron chi connectivity index (χ1n) is 8.32. The summed E-state index contributed by atoms with van der Waals surface area (Å²) in [6, 6.07) is 3.37. The van der Waals surface area contributed by atoms with Gasteiger partial charge in [0.25, 0.3) is 0 Å². The van der Waals surface area contributed by atoms with Gasteiger partial charge in [-0.25, -0.2) is 4.98 Å². The lowest BCUT2D eigenvalue weighted by molar-refractivity contribution is -0.127. The molecule has 0 spiro atoms. The number of ether oxygens (including phenoxy) is 2. The highest BCUT2D eigenvalue weighted by molar-refractivity contribution is 8.02. The van der Waals surface area contributed by atoms with Crippen LogP contribution in [0.15, 0.2) is 41.1 Å². The van der Waals surface area contributed by atoms with Crippen molar-refractivity contribution < 1.29 is 22.6 Å². The van der Waals surface area contributed by atoms with E-state index in [1.807, 2.05) is 0 Å². The van der Waals surface area contributed by atoms with Crippen LogP contribution in [-0.2, 0) is 6.42 Å². The number of fused-ring (bicyclic) bond motifs is 1. The number of hydrogen-bond acceptors (Lipinski definition) is 7. The maximum atomic E-state index is 13.1. The van der Waals surface area contributed by atoms with E-state index in [1.165, 1.54) is 35.7 Å². The van der Waals surface area contributed by atoms with Gasteiger partial charge >= 0.3 is 12.2 Å². The fourth-order valence-electron chi connectivity index (χ4n) is 2.53. The third kappa shape index (κ3) is 5.22. The molecule has 3 aromatic heterocycles. The average molecular weight is 458 g/mol. The number of aromatic nitrogens is 4. The van der Waals surface area contributed by atoms with Crippen LogP contribution in [0, 0.1) is 0 Å². The molecule has 0 aliphatic rings. The molecular formula is C18H15ClF3N5O2S. The third-order valence-electron chi connectivity index (χ3n) is 3.73. The van der Waals surface area contributed by atoms with Crippen molar-refractivity contribution in [2.75, 3.05) is 13.0 Å². The highest BCUT2D eigenvalue weighted by Gasteiger charge is 2.32. The molecule has 0 amide bonds. The van der Waals surface area contributed by atoms with Gasteiger partial charge in [-0.2, -0.15) is 23.1 Å². The number of thioether (sulfide) groups is 1. The van der Waals surface area contributed by atoms with Crippen LogP contribution in [0.4, 0.5) is 13.2 Å². The second-order valence-electron chi connectivity index (χ2n) is 5.74. The summed E-state index contributed by atoms with van der Waals surface area (Å²) in [5.41, 5.74) is 0.391. The van der Waals surface area contributed by atoms with E-state index in [0.717, 1.165) is 0 Å². The summed E-state index contributed by atoms with van der Waals surface area (Å²) < 4.78 is 51.0. The van der Waals surface area contributed by atoms with Crippen LogP contribution < -0.4 is 9.47 Å². The smallest absolute Gasteiger partial charge is 0.394 e. The number of methoxy groups -OCH3 is 1. The molecule has 0 aliphatic heterocycles. The fourth-order valence-corrected chi connectivity index (χ4v) is 3.36. The molecule has 3 aromatic rings. The Morgan fingerprint density at radius 2 is 2.10 bits per heavy atom. The van der Waals surface area contributed by atoms with Crippen molar-refractivity contribution in [2.24, 2.45) is 4.99 Å². The molecule has 0 N–H and O–H groups in total. The van der Waals surface area contributed by atoms with Crippen molar-refractivity contribution in [3.63, 3.8) is 0 Å². The second kappa shape index (κ2) is 9.35. The second-order valence-corrected chi connectivity index (χ2v) is 6.96. The molecule has 0 saturated carbocycles. The van der Waals surface area contributed by atoms with Crippen LogP contribution in [0.1, 0.15) is 11.4 Å². The number of alkyl halides is 3. The predicted octanol–water partition coefficient (Wildman–Crippen LogP) is 4.66. The van der Waals surface area contributed by atoms with E-state index < -0.39 is 12.6 Å². The lowest BCUT2D eigenvalue weighted by Gasteiger charge is -2.08. The molecule has 0 unspecified atom stereocenters. The zero-order valence-electron chi connectivity index (χ0n) is 15.6. The number of imidazole rings is 1. The summed E-state index contributed by atoms with van der Waals surface area (Å²) in [7, 11) is 1.45. The summed E-state index contributed by atoms with van der Waals surface area (Å²) >= 11 is 7.27. The average Bonchev–Trinajstić information content (AvgIpc) is 3.06. The molecule has 0 radical (unpaired) electrons. The van der Waals surface area contributed by atoms with E-state index in [-0.39, 0.29) is 39.7 Å². The minimum atomic E-state index is -4.45. The number of pyridine rings is 1. The van der Waals surface area contributed by atoms with Crippen LogP contribution in [0.2, 0.25) is 5.02 Å². The van der Waals surface area contributed by atoms with Crippen LogP contribution in [0.3, 0.4) is 0 Å². The van der Waals surface area contributed by atoms with Crippen molar-refractivity contribution in [1.29, 1.82) is 0 Å². The van der Waals surface area contributed by atoms with Crippen molar-refractivity contribution >= 4 is 41.4 Å². The van der Waals surface area contributed by atoms with Gasteiger partial charge in [0.05, 0.1) is 48.0 Å². The first-order valence-corrected chi connectivity index (χ1v) is 9.75. The molecule has 3 heterocycles. The monoisotopic (exact) mass is 457 g/mol. The molecular weight excluding hydrogens is 443 g/mol. The SMILES string of the molecule is C=N/C(=C\SCOc1cnc(OC)nc1)c1c(CC(F)(F)F)nc2c(Cl)cccn12. The summed E-state index contributed by atoms with van der Waals surface area (Å²) in [4.78, 5) is 15.8. The molecule has 0 aliphatic carbocycles. The van der Waals surface area contributed by atoms with E-state index in [9.17, 15) is 13.2 Å². The van der Waals surface area contributed by atoms with Crippen molar-refractivity contribution in [3.8, 4) is 11.8 Å². The molecule has 0 atom stereocenters. The molecule has 0 bridgehead atoms. The fraction of sp³-hybridized carbons (Fsp3) is 0.222. The molecule has 12 heteroatoms. The number of halogens is 4. The van der Waals surface area contributed by atoms with Crippen LogP contribution in [0.5, 0.6) is 11.8 Å². The largest absolute Gasteiger partial charge is 0.479 e. The van der Waals surface area contributed by atoms with E-state index in [2.05, 4.69) is 26.7 Å². The normalized spacial score (nSPS) is 12.2. The molecule has 0 fully saturated rings. The van der Waals surface area contributed by atoms with Gasteiger partial charge in [0, 0.05) is 11.6 Å². The highest BCUT2D eigenvalue weighted by atomic mass is 35.5. The number of nitrogens with zero attached hydrogens (tertiary/aromatic N) is 5. The maximum absolute atomic E-state index is 13.1. The predicted molar refractivity (Wildman–Crippen MR) is 109 cm³/mol. The van der Waals surface area contributed by atoms with Crippen molar-refractivity contribution in [2.45, 2.75) is 12.6 Å². The Morgan fingerprint density at radius 3 is 2.73 bits per heavy atom. The Kier molecular flexibility index (Phi) is 6.83. The van der Waals surface area contributed by atoms with Crippen LogP contribution in [0.25, 0.3) is 11.3 Å². The Balaban J connectivity index is 1.84. The summed E-state index contributed by atoms with van der Waals surface area (Å²) in [6.07, 6.45) is -1.22. The standard InChI is InChI=1S/C18H15ClF3N5O2S/c1-23-14(9-30-10-29-11-7-24-17(28-2)25-8-11)15-13(6-18(20,21)22)26-16-12(19)4-3-5-27(15)16/h3-5,7-9H,1,6,10H2,2H3/b14-9-. The van der Waals surface area contributed by atoms with Gasteiger partial charge in [0.1, 0.15) is 5.94 Å². The molecule has 3 rings (SSSR count). The molecule has 30 heavy (non-hydrogen) atoms. The van der Waals surface area contributed by atoms with Gasteiger partial charge in [-0.05, 0) is 18.9 Å². The maximum Gasteiger partial charge on any atom is 0.394 e. The van der Waals surface area contributed by atoms with Gasteiger partial charge < -0.3 is 9.47 Å². The molecule has 0 aromatic carbocycles.